The summed E-state index contributed by atoms with van der Waals surface area (Å²) in [4.78, 5) is 31.6. The lowest BCUT2D eigenvalue weighted by molar-refractivity contribution is -0.181. The number of hydrogen-bond acceptors (Lipinski definition) is 5. The molecule has 7 nitrogen and oxygen atoms in total. The second kappa shape index (κ2) is 8.57. The number of hydrogen-bond donors (Lipinski definition) is 1. The highest BCUT2D eigenvalue weighted by atomic mass is 16.7. The molecule has 0 atom stereocenters. The molecule has 3 aliphatic rings. The number of piperidine rings is 1. The Kier molecular flexibility index (Phi) is 5.92. The van der Waals surface area contributed by atoms with Crippen LogP contribution in [-0.4, -0.2) is 59.8 Å². The number of aromatic nitrogens is 1. The van der Waals surface area contributed by atoms with Crippen LogP contribution in [0.2, 0.25) is 0 Å². The number of nitrogens with one attached hydrogen (secondary N) is 1. The Labute approximate surface area is 165 Å². The zero-order valence-corrected chi connectivity index (χ0v) is 16.3. The van der Waals surface area contributed by atoms with Crippen molar-refractivity contribution >= 4 is 11.8 Å². The van der Waals surface area contributed by atoms with Crippen molar-refractivity contribution in [2.45, 2.75) is 63.2 Å². The van der Waals surface area contributed by atoms with Crippen molar-refractivity contribution in [1.82, 2.24) is 15.2 Å². The lowest BCUT2D eigenvalue weighted by Gasteiger charge is -2.37. The summed E-state index contributed by atoms with van der Waals surface area (Å²) in [6.07, 6.45) is 8.15. The van der Waals surface area contributed by atoms with Gasteiger partial charge in [0.25, 0.3) is 11.8 Å². The molecule has 0 unspecified atom stereocenters. The molecule has 1 aliphatic carbocycles. The molecule has 0 radical (unpaired) electrons. The number of carbonyl (C=O) groups excluding carboxylic acids is 2. The highest BCUT2D eigenvalue weighted by molar-refractivity contribution is 5.96. The van der Waals surface area contributed by atoms with Gasteiger partial charge in [-0.05, 0) is 25.0 Å². The fourth-order valence-electron chi connectivity index (χ4n) is 4.36. The molecular weight excluding hydrogens is 358 g/mol. The molecule has 2 aliphatic heterocycles. The Morgan fingerprint density at radius 3 is 2.32 bits per heavy atom. The fourth-order valence-corrected chi connectivity index (χ4v) is 4.36. The number of pyridine rings is 1. The van der Waals surface area contributed by atoms with Gasteiger partial charge in [0.2, 0.25) is 0 Å². The third kappa shape index (κ3) is 4.36. The van der Waals surface area contributed by atoms with Crippen LogP contribution in [0.5, 0.6) is 0 Å². The lowest BCUT2D eigenvalue weighted by Crippen LogP contribution is -2.47. The van der Waals surface area contributed by atoms with Crippen molar-refractivity contribution in [1.29, 1.82) is 0 Å². The van der Waals surface area contributed by atoms with Gasteiger partial charge >= 0.3 is 0 Å². The van der Waals surface area contributed by atoms with Crippen LogP contribution in [0.1, 0.15) is 72.3 Å². The number of carbonyl (C=O) groups is 2. The standard InChI is InChI=1S/C21H29N3O4/c25-19(22-16-6-3-1-2-4-7-16)17-8-5-9-18(23-17)20(26)24-12-10-21(11-13-24)27-14-15-28-21/h5,8-9,16H,1-4,6-7,10-15H2,(H,22,25). The maximum atomic E-state index is 12.9. The van der Waals surface area contributed by atoms with Gasteiger partial charge in [0.1, 0.15) is 11.4 Å². The van der Waals surface area contributed by atoms with Gasteiger partial charge in [-0.3, -0.25) is 9.59 Å². The molecule has 1 N–H and O–H groups in total. The van der Waals surface area contributed by atoms with E-state index in [1.54, 1.807) is 23.1 Å². The first kappa shape index (κ1) is 19.3. The van der Waals surface area contributed by atoms with Crippen LogP contribution in [0, 0.1) is 0 Å². The van der Waals surface area contributed by atoms with E-state index < -0.39 is 5.79 Å². The minimum atomic E-state index is -0.509. The maximum absolute atomic E-state index is 12.9. The van der Waals surface area contributed by atoms with E-state index in [-0.39, 0.29) is 17.9 Å². The van der Waals surface area contributed by atoms with Crippen LogP contribution in [-0.2, 0) is 9.47 Å². The quantitative estimate of drug-likeness (QED) is 0.806. The van der Waals surface area contributed by atoms with Gasteiger partial charge in [-0.25, -0.2) is 4.98 Å². The second-order valence-corrected chi connectivity index (χ2v) is 7.97. The van der Waals surface area contributed by atoms with E-state index >= 15 is 0 Å². The molecule has 28 heavy (non-hydrogen) atoms. The van der Waals surface area contributed by atoms with Crippen molar-refractivity contribution in [2.75, 3.05) is 26.3 Å². The van der Waals surface area contributed by atoms with Gasteiger partial charge < -0.3 is 19.7 Å². The normalized spacial score (nSPS) is 22.8. The third-order valence-electron chi connectivity index (χ3n) is 6.02. The van der Waals surface area contributed by atoms with Crippen LogP contribution < -0.4 is 5.32 Å². The lowest BCUT2D eigenvalue weighted by atomic mass is 10.0. The molecule has 1 spiro atoms. The first-order chi connectivity index (χ1) is 13.7. The number of amides is 2. The first-order valence-corrected chi connectivity index (χ1v) is 10.5. The molecule has 3 heterocycles. The maximum Gasteiger partial charge on any atom is 0.272 e. The number of nitrogens with zero attached hydrogens (tertiary/aromatic N) is 2. The average molecular weight is 387 g/mol. The molecule has 3 fully saturated rings. The highest BCUT2D eigenvalue weighted by Crippen LogP contribution is 2.31. The van der Waals surface area contributed by atoms with Crippen molar-refractivity contribution in [2.24, 2.45) is 0 Å². The Hall–Kier alpha value is -1.99. The van der Waals surface area contributed by atoms with Crippen LogP contribution in [0.15, 0.2) is 18.2 Å². The van der Waals surface area contributed by atoms with Gasteiger partial charge in [0.15, 0.2) is 5.79 Å². The monoisotopic (exact) mass is 387 g/mol. The van der Waals surface area contributed by atoms with E-state index in [1.165, 1.54) is 12.8 Å². The molecule has 2 amide bonds. The van der Waals surface area contributed by atoms with Gasteiger partial charge in [0.05, 0.1) is 13.2 Å². The molecule has 2 saturated heterocycles. The van der Waals surface area contributed by atoms with Crippen molar-refractivity contribution in [3.05, 3.63) is 29.6 Å². The summed E-state index contributed by atoms with van der Waals surface area (Å²) in [5, 5.41) is 3.09. The molecule has 0 aromatic carbocycles. The van der Waals surface area contributed by atoms with E-state index in [0.717, 1.165) is 25.7 Å². The van der Waals surface area contributed by atoms with Gasteiger partial charge in [-0.2, -0.15) is 0 Å². The molecule has 0 bridgehead atoms. The molecule has 7 heteroatoms. The molecule has 1 aromatic rings. The van der Waals surface area contributed by atoms with Crippen LogP contribution in [0.25, 0.3) is 0 Å². The van der Waals surface area contributed by atoms with Crippen molar-refractivity contribution < 1.29 is 19.1 Å². The SMILES string of the molecule is O=C(NC1CCCCCC1)c1cccc(C(=O)N2CCC3(CC2)OCCO3)n1. The van der Waals surface area contributed by atoms with E-state index in [1.807, 2.05) is 0 Å². The second-order valence-electron chi connectivity index (χ2n) is 7.97. The van der Waals surface area contributed by atoms with Gasteiger partial charge in [-0.1, -0.05) is 31.7 Å². The van der Waals surface area contributed by atoms with E-state index in [2.05, 4.69) is 10.3 Å². The van der Waals surface area contributed by atoms with Crippen molar-refractivity contribution in [3.8, 4) is 0 Å². The van der Waals surface area contributed by atoms with Crippen LogP contribution in [0.3, 0.4) is 0 Å². The Morgan fingerprint density at radius 1 is 1.00 bits per heavy atom. The van der Waals surface area contributed by atoms with Gasteiger partial charge in [0, 0.05) is 32.0 Å². The Morgan fingerprint density at radius 2 is 1.64 bits per heavy atom. The fraction of sp³-hybridized carbons (Fsp3) is 0.667. The van der Waals surface area contributed by atoms with Crippen molar-refractivity contribution in [3.63, 3.8) is 0 Å². The van der Waals surface area contributed by atoms with E-state index in [9.17, 15) is 9.59 Å². The van der Waals surface area contributed by atoms with Crippen LogP contribution >= 0.6 is 0 Å². The molecule has 1 aromatic heterocycles. The number of rotatable bonds is 3. The Balaban J connectivity index is 1.37. The van der Waals surface area contributed by atoms with E-state index in [4.69, 9.17) is 9.47 Å². The van der Waals surface area contributed by atoms with E-state index in [0.29, 0.717) is 50.5 Å². The summed E-state index contributed by atoms with van der Waals surface area (Å²) < 4.78 is 11.4. The molecule has 4 rings (SSSR count). The van der Waals surface area contributed by atoms with Crippen LogP contribution in [0.4, 0.5) is 0 Å². The highest BCUT2D eigenvalue weighted by Gasteiger charge is 2.41. The largest absolute Gasteiger partial charge is 0.348 e. The minimum Gasteiger partial charge on any atom is -0.348 e. The Bertz CT molecular complexity index is 699. The zero-order valence-electron chi connectivity index (χ0n) is 16.3. The average Bonchev–Trinajstić information content (AvgIpc) is 3.02. The summed E-state index contributed by atoms with van der Waals surface area (Å²) in [6, 6.07) is 5.30. The molecular formula is C21H29N3O4. The summed E-state index contributed by atoms with van der Waals surface area (Å²) in [5.74, 6) is -0.839. The minimum absolute atomic E-state index is 0.142. The molecule has 152 valence electrons. The number of likely N-dealkylation sites (tertiary alicyclic amines) is 1. The molecule has 1 saturated carbocycles. The summed E-state index contributed by atoms with van der Waals surface area (Å²) in [6.45, 7) is 2.37. The summed E-state index contributed by atoms with van der Waals surface area (Å²) in [7, 11) is 0. The predicted octanol–water partition coefficient (Wildman–Crippen LogP) is 2.51. The van der Waals surface area contributed by atoms with Gasteiger partial charge in [-0.15, -0.1) is 0 Å². The summed E-state index contributed by atoms with van der Waals surface area (Å²) >= 11 is 0. The number of ether oxygens (including phenoxy) is 2. The summed E-state index contributed by atoms with van der Waals surface area (Å²) in [5.41, 5.74) is 0.628. The smallest absolute Gasteiger partial charge is 0.272 e. The first-order valence-electron chi connectivity index (χ1n) is 10.5. The zero-order chi connectivity index (χ0) is 19.4. The third-order valence-corrected chi connectivity index (χ3v) is 6.02. The predicted molar refractivity (Wildman–Crippen MR) is 103 cm³/mol. The topological polar surface area (TPSA) is 80.8 Å².